The number of fused-ring (bicyclic) bond motifs is 1. The zero-order valence-electron chi connectivity index (χ0n) is 18.6. The van der Waals surface area contributed by atoms with Crippen molar-refractivity contribution in [2.24, 2.45) is 16.6 Å². The number of aromatic nitrogens is 2. The molecule has 1 atom stereocenters. The minimum absolute atomic E-state index is 0.108. The number of rotatable bonds is 6. The second kappa shape index (κ2) is 10.5. The molecular formula is C24H21N5O4S2. The number of amides is 1. The molecular weight excluding hydrogens is 486 g/mol. The second-order valence-corrected chi connectivity index (χ2v) is 8.98. The van der Waals surface area contributed by atoms with Crippen molar-refractivity contribution in [1.29, 1.82) is 0 Å². The van der Waals surface area contributed by atoms with E-state index in [-0.39, 0.29) is 16.6 Å². The van der Waals surface area contributed by atoms with Crippen molar-refractivity contribution in [3.8, 4) is 5.75 Å². The van der Waals surface area contributed by atoms with Gasteiger partial charge in [-0.15, -0.1) is 0 Å². The number of benzene rings is 2. The fraction of sp³-hybridized carbons (Fsp3) is 0.125. The Kier molecular flexibility index (Phi) is 7.18. The van der Waals surface area contributed by atoms with Gasteiger partial charge in [0.15, 0.2) is 5.96 Å². The van der Waals surface area contributed by atoms with Gasteiger partial charge in [-0.3, -0.25) is 15.1 Å². The number of aliphatic imine (C=N–C) groups is 1. The molecule has 178 valence electrons. The molecule has 1 unspecified atom stereocenters. The summed E-state index contributed by atoms with van der Waals surface area (Å²) in [7, 11) is -1.23. The highest BCUT2D eigenvalue weighted by Crippen LogP contribution is 2.21. The Morgan fingerprint density at radius 3 is 2.66 bits per heavy atom. The molecule has 4 rings (SSSR count). The predicted octanol–water partition coefficient (Wildman–Crippen LogP) is 2.08. The number of guanidine groups is 1. The standard InChI is InChI=1S/C24H21N5O4S2/c1-26-24(25)29-23(30)17-11-10-16(12-21(17)35(31)32)33-15-8-6-14(7-9-15)20(34)13-22-27-18-4-2-3-5-19(18)28-22/h2-12,17H,13H2,1H3,(H,27,28)(H3,25,26,29,30). The number of carbonyl (C=O) groups excluding carboxylic acids is 1. The number of nitrogens with zero attached hydrogens (tertiary/aromatic N) is 2. The average molecular weight is 508 g/mol. The van der Waals surface area contributed by atoms with E-state index >= 15 is 0 Å². The SMILES string of the molecule is CN=C(N)NC(=O)C1C=CC(Oc2ccc(C(=S)Cc3nc4ccccc4[nH]3)cc2)=CC1=S(=O)=O. The number of ether oxygens (including phenoxy) is 1. The lowest BCUT2D eigenvalue weighted by Crippen LogP contribution is -2.42. The summed E-state index contributed by atoms with van der Waals surface area (Å²) in [5.74, 6) is -0.224. The first-order valence-corrected chi connectivity index (χ1v) is 12.0. The van der Waals surface area contributed by atoms with Crippen molar-refractivity contribution in [2.75, 3.05) is 7.05 Å². The zero-order chi connectivity index (χ0) is 24.9. The highest BCUT2D eigenvalue weighted by molar-refractivity contribution is 7.80. The molecule has 1 amide bonds. The third-order valence-corrected chi connectivity index (χ3v) is 6.33. The molecule has 1 aliphatic carbocycles. The van der Waals surface area contributed by atoms with Crippen molar-refractivity contribution in [3.63, 3.8) is 0 Å². The molecule has 1 aromatic heterocycles. The van der Waals surface area contributed by atoms with Gasteiger partial charge < -0.3 is 15.5 Å². The number of imidazole rings is 1. The van der Waals surface area contributed by atoms with Crippen LogP contribution in [0.5, 0.6) is 5.75 Å². The topological polar surface area (TPSA) is 140 Å². The van der Waals surface area contributed by atoms with E-state index < -0.39 is 22.1 Å². The minimum atomic E-state index is -2.64. The minimum Gasteiger partial charge on any atom is -0.457 e. The number of hydrogen-bond acceptors (Lipinski definition) is 7. The highest BCUT2D eigenvalue weighted by atomic mass is 32.2. The monoisotopic (exact) mass is 507 g/mol. The fourth-order valence-electron chi connectivity index (χ4n) is 3.44. The molecule has 11 heteroatoms. The van der Waals surface area contributed by atoms with E-state index in [4.69, 9.17) is 22.7 Å². The Labute approximate surface area is 208 Å². The maximum atomic E-state index is 12.3. The van der Waals surface area contributed by atoms with Gasteiger partial charge in [0.05, 0.1) is 21.8 Å². The molecule has 0 saturated carbocycles. The summed E-state index contributed by atoms with van der Waals surface area (Å²) in [6, 6.07) is 14.9. The summed E-state index contributed by atoms with van der Waals surface area (Å²) < 4.78 is 29.2. The van der Waals surface area contributed by atoms with Crippen molar-refractivity contribution in [2.45, 2.75) is 6.42 Å². The van der Waals surface area contributed by atoms with E-state index in [1.807, 2.05) is 36.4 Å². The molecule has 1 heterocycles. The van der Waals surface area contributed by atoms with Crippen molar-refractivity contribution < 1.29 is 17.9 Å². The van der Waals surface area contributed by atoms with Crippen molar-refractivity contribution >= 4 is 55.1 Å². The predicted molar refractivity (Wildman–Crippen MR) is 139 cm³/mol. The Morgan fingerprint density at radius 1 is 1.23 bits per heavy atom. The van der Waals surface area contributed by atoms with E-state index in [1.54, 1.807) is 12.1 Å². The van der Waals surface area contributed by atoms with E-state index in [0.717, 1.165) is 22.4 Å². The molecule has 0 fully saturated rings. The van der Waals surface area contributed by atoms with Crippen LogP contribution in [0.3, 0.4) is 0 Å². The number of H-pyrrole nitrogens is 1. The van der Waals surface area contributed by atoms with Crippen molar-refractivity contribution in [1.82, 2.24) is 15.3 Å². The molecule has 0 bridgehead atoms. The first-order chi connectivity index (χ1) is 16.8. The number of hydrogen-bond donors (Lipinski definition) is 3. The number of aromatic amines is 1. The van der Waals surface area contributed by atoms with Crippen LogP contribution in [-0.4, -0.2) is 47.0 Å². The summed E-state index contributed by atoms with van der Waals surface area (Å²) >= 11 is 5.58. The van der Waals surface area contributed by atoms with Crippen molar-refractivity contribution in [3.05, 3.63) is 83.9 Å². The first-order valence-electron chi connectivity index (χ1n) is 10.5. The summed E-state index contributed by atoms with van der Waals surface area (Å²) in [4.78, 5) is 24.4. The van der Waals surface area contributed by atoms with Gasteiger partial charge >= 0.3 is 0 Å². The van der Waals surface area contributed by atoms with Crippen LogP contribution in [-0.2, 0) is 21.5 Å². The zero-order valence-corrected chi connectivity index (χ0v) is 20.2. The van der Waals surface area contributed by atoms with E-state index in [1.165, 1.54) is 25.3 Å². The molecule has 0 saturated heterocycles. The lowest BCUT2D eigenvalue weighted by molar-refractivity contribution is -0.120. The molecule has 35 heavy (non-hydrogen) atoms. The summed E-state index contributed by atoms with van der Waals surface area (Å²) in [6.45, 7) is 0. The molecule has 2 aromatic carbocycles. The molecule has 1 aliphatic rings. The Hall–Kier alpha value is -4.09. The van der Waals surface area contributed by atoms with Crippen LogP contribution in [0.25, 0.3) is 11.0 Å². The van der Waals surface area contributed by atoms with Crippen LogP contribution in [0.4, 0.5) is 0 Å². The van der Waals surface area contributed by atoms with E-state index in [2.05, 4.69) is 20.3 Å². The lowest BCUT2D eigenvalue weighted by Gasteiger charge is -2.17. The van der Waals surface area contributed by atoms with Gasteiger partial charge in [0.1, 0.15) is 17.3 Å². The maximum Gasteiger partial charge on any atom is 0.239 e. The van der Waals surface area contributed by atoms with Crippen LogP contribution in [0.1, 0.15) is 11.4 Å². The van der Waals surface area contributed by atoms with Crippen LogP contribution in [0.15, 0.2) is 77.5 Å². The third-order valence-electron chi connectivity index (χ3n) is 5.19. The third kappa shape index (κ3) is 5.70. The van der Waals surface area contributed by atoms with Crippen LogP contribution in [0.2, 0.25) is 0 Å². The summed E-state index contributed by atoms with van der Waals surface area (Å²) in [6.07, 6.45) is 4.74. The largest absolute Gasteiger partial charge is 0.457 e. The number of para-hydroxylation sites is 2. The van der Waals surface area contributed by atoms with Gasteiger partial charge in [-0.05, 0) is 35.9 Å². The normalized spacial score (nSPS) is 15.6. The molecule has 0 spiro atoms. The second-order valence-electron chi connectivity index (χ2n) is 7.55. The van der Waals surface area contributed by atoms with E-state index in [0.29, 0.717) is 17.0 Å². The molecule has 0 aliphatic heterocycles. The van der Waals surface area contributed by atoms with Crippen LogP contribution >= 0.6 is 12.2 Å². The van der Waals surface area contributed by atoms with E-state index in [9.17, 15) is 13.2 Å². The quantitative estimate of drug-likeness (QED) is 0.201. The molecule has 9 nitrogen and oxygen atoms in total. The Balaban J connectivity index is 1.44. The van der Waals surface area contributed by atoms with Gasteiger partial charge in [-0.2, -0.15) is 8.42 Å². The first kappa shape index (κ1) is 24.0. The van der Waals surface area contributed by atoms with Crippen LogP contribution < -0.4 is 15.8 Å². The maximum absolute atomic E-state index is 12.3. The summed E-state index contributed by atoms with van der Waals surface area (Å²) in [5.41, 5.74) is 8.20. The average Bonchev–Trinajstić information content (AvgIpc) is 3.26. The number of nitrogens with one attached hydrogen (secondary N) is 2. The van der Waals surface area contributed by atoms with Gasteiger partial charge in [-0.1, -0.05) is 42.6 Å². The fourth-order valence-corrected chi connectivity index (χ4v) is 4.32. The number of thiocarbonyl (C=S) groups is 1. The lowest BCUT2D eigenvalue weighted by atomic mass is 9.99. The van der Waals surface area contributed by atoms with Gasteiger partial charge in [0.25, 0.3) is 0 Å². The number of carbonyl (C=O) groups is 1. The summed E-state index contributed by atoms with van der Waals surface area (Å²) in [5, 5.41) is 2.34. The van der Waals surface area contributed by atoms with Gasteiger partial charge in [-0.25, -0.2) is 4.98 Å². The van der Waals surface area contributed by atoms with Gasteiger partial charge in [0.2, 0.25) is 16.2 Å². The van der Waals surface area contributed by atoms with Gasteiger partial charge in [0, 0.05) is 24.4 Å². The molecule has 4 N–H and O–H groups in total. The smallest absolute Gasteiger partial charge is 0.239 e. The number of nitrogens with two attached hydrogens (primary N) is 1. The Bertz CT molecular complexity index is 1490. The van der Waals surface area contributed by atoms with Crippen LogP contribution in [0, 0.1) is 5.92 Å². The molecule has 3 aromatic rings. The Morgan fingerprint density at radius 2 is 1.97 bits per heavy atom. The number of allylic oxidation sites excluding steroid dienone is 2. The molecule has 0 radical (unpaired) electrons. The highest BCUT2D eigenvalue weighted by Gasteiger charge is 2.26.